The largest absolute Gasteiger partial charge is 0.490 e. The predicted molar refractivity (Wildman–Crippen MR) is 263 cm³/mol. The number of aromatic amines is 2. The lowest BCUT2D eigenvalue weighted by atomic mass is 9.94. The van der Waals surface area contributed by atoms with Crippen molar-refractivity contribution in [1.29, 1.82) is 0 Å². The van der Waals surface area contributed by atoms with Crippen LogP contribution in [0.2, 0.25) is 0 Å². The van der Waals surface area contributed by atoms with E-state index >= 15 is 0 Å². The Balaban J connectivity index is 0.879. The highest BCUT2D eigenvalue weighted by atomic mass is 31.3. The van der Waals surface area contributed by atoms with E-state index in [9.17, 15) is 67.5 Å². The second kappa shape index (κ2) is 22.3. The Morgan fingerprint density at radius 1 is 0.762 bits per heavy atom. The number of hydrogen-bond donors (Lipinski definition) is 12. The fourth-order valence-corrected chi connectivity index (χ4v) is 14.1. The van der Waals surface area contributed by atoms with E-state index in [0.717, 1.165) is 24.3 Å². The molecule has 39 nitrogen and oxygen atoms in total. The average molecular weight is 1210 g/mol. The van der Waals surface area contributed by atoms with Gasteiger partial charge in [0.2, 0.25) is 23.6 Å². The minimum absolute atomic E-state index is 0.00393. The fourth-order valence-electron chi connectivity index (χ4n) is 9.30. The van der Waals surface area contributed by atoms with Crippen molar-refractivity contribution in [3.8, 4) is 0 Å². The van der Waals surface area contributed by atoms with E-state index in [2.05, 4.69) is 48.5 Å². The van der Waals surface area contributed by atoms with Crippen LogP contribution in [0.25, 0.3) is 33.5 Å². The number of methoxy groups -OCH3 is 1. The highest BCUT2D eigenvalue weighted by molar-refractivity contribution is 7.66. The molecule has 0 bridgehead atoms. The number of rotatable bonds is 21. The van der Waals surface area contributed by atoms with Gasteiger partial charge in [0.25, 0.3) is 17.1 Å². The number of phosphoric ester groups is 2. The number of nitrogens with zero attached hydrogens (tertiary/aromatic N) is 11. The molecule has 3 aliphatic rings. The molecule has 438 valence electrons. The van der Waals surface area contributed by atoms with Crippen LogP contribution in [0.1, 0.15) is 31.5 Å². The smallest absolute Gasteiger partial charge is 0.388 e. The maximum Gasteiger partial charge on any atom is 0.490 e. The molecule has 6 aromatic heterocycles. The summed E-state index contributed by atoms with van der Waals surface area (Å²) in [7, 11) is -17.6. The molecule has 15 N–H and O–H groups in total. The van der Waals surface area contributed by atoms with Crippen molar-refractivity contribution >= 4 is 88.2 Å². The number of phosphoric acid groups is 3. The van der Waals surface area contributed by atoms with Gasteiger partial charge in [0.05, 0.1) is 51.3 Å². The zero-order valence-corrected chi connectivity index (χ0v) is 45.5. The van der Waals surface area contributed by atoms with Gasteiger partial charge in [0.1, 0.15) is 48.5 Å². The second-order valence-corrected chi connectivity index (χ2v) is 25.1. The number of nitrogen functional groups attached to an aromatic ring is 3. The molecule has 0 spiro atoms. The molecule has 6 aromatic rings. The molecule has 43 heteroatoms. The first-order chi connectivity index (χ1) is 37.5. The summed E-state index contributed by atoms with van der Waals surface area (Å²) >= 11 is 0. The number of amides is 1. The molecule has 80 heavy (non-hydrogen) atoms. The molecule has 1 amide bonds. The molecule has 0 aliphatic carbocycles. The maximum atomic E-state index is 14.0. The van der Waals surface area contributed by atoms with Crippen LogP contribution in [0.15, 0.2) is 34.9 Å². The Morgan fingerprint density at radius 2 is 1.38 bits per heavy atom. The maximum absolute atomic E-state index is 14.0. The molecule has 3 saturated heterocycles. The van der Waals surface area contributed by atoms with Gasteiger partial charge < -0.3 is 75.9 Å². The Labute approximate surface area is 446 Å². The highest BCUT2D eigenvalue weighted by Gasteiger charge is 2.54. The number of aliphatic hydroxyl groups excluding tert-OH is 3. The van der Waals surface area contributed by atoms with Crippen LogP contribution >= 0.6 is 31.1 Å². The molecular weight excluding hydrogens is 1160 g/mol. The molecule has 0 radical (unpaired) electrons. The van der Waals surface area contributed by atoms with E-state index in [1.807, 2.05) is 0 Å². The van der Waals surface area contributed by atoms with E-state index in [-0.39, 0.29) is 51.2 Å². The summed E-state index contributed by atoms with van der Waals surface area (Å²) in [6.45, 7) is -2.27. The van der Waals surface area contributed by atoms with Crippen molar-refractivity contribution in [3.05, 3.63) is 46.0 Å². The van der Waals surface area contributed by atoms with Crippen LogP contribution in [0, 0.1) is 5.92 Å². The molecule has 9 rings (SSSR count). The molecule has 9 heterocycles. The molecule has 5 unspecified atom stereocenters. The van der Waals surface area contributed by atoms with Gasteiger partial charge in [-0.25, -0.2) is 38.2 Å². The Morgan fingerprint density at radius 3 is 2.04 bits per heavy atom. The van der Waals surface area contributed by atoms with E-state index in [1.165, 1.54) is 52.4 Å². The number of imidazole rings is 3. The van der Waals surface area contributed by atoms with Gasteiger partial charge >= 0.3 is 36.7 Å². The monoisotopic (exact) mass is 1210 g/mol. The Hall–Kier alpha value is -5.60. The summed E-state index contributed by atoms with van der Waals surface area (Å²) < 4.78 is 106. The average Bonchev–Trinajstić information content (AvgIpc) is 4.23. The first-order valence-corrected chi connectivity index (χ1v) is 29.6. The number of carbonyl (C=O) groups excluding carboxylic acids is 1. The van der Waals surface area contributed by atoms with Gasteiger partial charge in [-0.05, 0) is 6.42 Å². The summed E-state index contributed by atoms with van der Waals surface area (Å²) in [6.07, 6.45) is -14.3. The van der Waals surface area contributed by atoms with Gasteiger partial charge in [-0.2, -0.15) is 13.6 Å². The quantitative estimate of drug-likeness (QED) is 0.0246. The van der Waals surface area contributed by atoms with Gasteiger partial charge in [0.15, 0.2) is 41.4 Å². The van der Waals surface area contributed by atoms with Crippen LogP contribution in [0.5, 0.6) is 0 Å². The lowest BCUT2D eigenvalue weighted by Crippen LogP contribution is -2.45. The Bertz CT molecular complexity index is 3650. The van der Waals surface area contributed by atoms with E-state index in [0.29, 0.717) is 0 Å². The van der Waals surface area contributed by atoms with Gasteiger partial charge in [-0.3, -0.25) is 56.2 Å². The minimum atomic E-state index is -6.22. The fraction of sp³-hybridized carbons (Fsp3) is 0.568. The third-order valence-corrected chi connectivity index (χ3v) is 18.6. The van der Waals surface area contributed by atoms with Gasteiger partial charge in [-0.1, -0.05) is 4.98 Å². The first kappa shape index (κ1) is 59.0. The van der Waals surface area contributed by atoms with Crippen LogP contribution in [0.3, 0.4) is 0 Å². The first-order valence-electron chi connectivity index (χ1n) is 23.3. The number of aliphatic hydroxyl groups is 3. The number of ether oxygens (including phenoxy) is 4. The lowest BCUT2D eigenvalue weighted by molar-refractivity contribution is -0.745. The molecule has 0 aromatic carbocycles. The van der Waals surface area contributed by atoms with E-state index < -0.39 is 154 Å². The van der Waals surface area contributed by atoms with E-state index in [4.69, 9.17) is 49.7 Å². The normalized spacial score (nSPS) is 29.2. The zero-order valence-electron chi connectivity index (χ0n) is 41.9. The molecule has 0 saturated carbocycles. The molecular formula is C37H53N16O23P4+. The van der Waals surface area contributed by atoms with Gasteiger partial charge in [0, 0.05) is 33.5 Å². The van der Waals surface area contributed by atoms with Gasteiger partial charge in [-0.15, -0.1) is 0 Å². The number of nitrogens with one attached hydrogen (secondary N) is 2. The highest BCUT2D eigenvalue weighted by Crippen LogP contribution is 2.68. The number of aromatic nitrogens is 12. The lowest BCUT2D eigenvalue weighted by Gasteiger charge is -2.26. The topological polar surface area (TPSA) is 553 Å². The van der Waals surface area contributed by atoms with E-state index in [1.54, 1.807) is 0 Å². The standard InChI is InChI=1S/C37H52N16O23P4/c1-49(2)18(54)7-14-16(72-33(22(14)55)53-13-50(3)21-30(53)46-37(40)48-32(21)59)8-69-78(62,63)75-80(66,67)76-79(64,65)70-9-17-25(26(68-4)35(73-17)51-11-43-19-27(38)41-10-42-28(19)51)74-77(60,61)6-5-15-23(56)24(57)34(71-15)52-12-44-20-29(52)45-36(39)47-31(20)58/h10-17,22-26,33-35,55-57H,5-9H2,1-4H3,(H11-,38,39,40,41,42,45,46,47,48,58,59,60,61,62,63,64,65,66,67)/p+1/t14-,15-,16-,17-,22-,23-,24-,25-,26-,33?,34-,35-/m1/s1. The summed E-state index contributed by atoms with van der Waals surface area (Å²) in [4.78, 5) is 111. The number of fused-ring (bicyclic) bond motifs is 3. The SMILES string of the molecule is CO[C@@H]1[C@H](OP(=O)(O)CC[C@H]2O[C@@H](n3cnc4c(=O)[nH]c(N)nc43)[C@H](O)[C@@H]2O)[C@@H](COP(=O)(O)OP(=O)(O)OP(=O)(O)OC[C@H]2OC([n+]3cn(C)c4c(=O)[nH]c(N)nc43)[C@H](O)[C@@H]2CC(=O)N(C)C)O[C@H]1n1cnc2c(N)ncnc21. The number of anilines is 3. The number of nitrogens with two attached hydrogens (primary N) is 3. The zero-order chi connectivity index (χ0) is 58.1. The summed E-state index contributed by atoms with van der Waals surface area (Å²) in [5, 5.41) is 33.4. The van der Waals surface area contributed by atoms with Crippen LogP contribution < -0.4 is 32.9 Å². The summed E-state index contributed by atoms with van der Waals surface area (Å²) in [5.74, 6) is -2.44. The summed E-state index contributed by atoms with van der Waals surface area (Å²) in [5.41, 5.74) is 15.8. The summed E-state index contributed by atoms with van der Waals surface area (Å²) in [6, 6.07) is 0. The number of carbonyl (C=O) groups is 1. The van der Waals surface area contributed by atoms with Crippen molar-refractivity contribution in [2.24, 2.45) is 13.0 Å². The number of hydrogen-bond acceptors (Lipinski definition) is 28. The van der Waals surface area contributed by atoms with Crippen molar-refractivity contribution in [2.75, 3.05) is 57.8 Å². The van der Waals surface area contributed by atoms with Crippen LogP contribution in [-0.4, -0.2) is 189 Å². The number of H-pyrrole nitrogens is 2. The molecule has 16 atom stereocenters. The number of aryl methyl sites for hydroxylation is 1. The second-order valence-electron chi connectivity index (χ2n) is 18.5. The van der Waals surface area contributed by atoms with Crippen molar-refractivity contribution < 1.29 is 104 Å². The van der Waals surface area contributed by atoms with Crippen LogP contribution in [0.4, 0.5) is 17.7 Å². The van der Waals surface area contributed by atoms with Crippen molar-refractivity contribution in [1.82, 2.24) is 58.5 Å². The molecule has 3 fully saturated rings. The third-order valence-electron chi connectivity index (χ3n) is 13.0. The Kier molecular flexibility index (Phi) is 16.4. The van der Waals surface area contributed by atoms with Crippen molar-refractivity contribution in [2.45, 2.75) is 80.4 Å². The van der Waals surface area contributed by atoms with Crippen LogP contribution in [-0.2, 0) is 71.2 Å². The molecule has 3 aliphatic heterocycles. The third kappa shape index (κ3) is 12.0. The van der Waals surface area contributed by atoms with Crippen molar-refractivity contribution in [3.63, 3.8) is 0 Å². The minimum Gasteiger partial charge on any atom is -0.388 e. The predicted octanol–water partition coefficient (Wildman–Crippen LogP) is -3.52.